The lowest BCUT2D eigenvalue weighted by Crippen LogP contribution is -2.23. The first-order valence-electron chi connectivity index (χ1n) is 11.4. The second-order valence-electron chi connectivity index (χ2n) is 7.97. The third-order valence-corrected chi connectivity index (χ3v) is 6.49. The lowest BCUT2D eigenvalue weighted by atomic mass is 10.0. The maximum Gasteiger partial charge on any atom is 0.220 e. The number of nitrogens with one attached hydrogen (secondary N) is 1. The summed E-state index contributed by atoms with van der Waals surface area (Å²) in [5.74, 6) is 1.41. The number of ether oxygens (including phenoxy) is 2. The molecule has 1 amide bonds. The largest absolute Gasteiger partial charge is 0.497 e. The van der Waals surface area contributed by atoms with E-state index in [4.69, 9.17) is 14.6 Å². The zero-order chi connectivity index (χ0) is 24.6. The fraction of sp³-hybridized carbons (Fsp3) is 0.214. The molecule has 180 valence electrons. The highest BCUT2D eigenvalue weighted by Gasteiger charge is 2.18. The molecule has 0 fully saturated rings. The third kappa shape index (κ3) is 6.05. The number of carbonyl (C=O) groups excluding carboxylic acids is 1. The Hall–Kier alpha value is -3.71. The Morgan fingerprint density at radius 2 is 1.77 bits per heavy atom. The van der Waals surface area contributed by atoms with Gasteiger partial charge < -0.3 is 14.8 Å². The summed E-state index contributed by atoms with van der Waals surface area (Å²) >= 11 is 1.70. The summed E-state index contributed by atoms with van der Waals surface area (Å²) in [6, 6.07) is 23.8. The number of nitrogens with zero attached hydrogens (tertiary/aromatic N) is 2. The van der Waals surface area contributed by atoms with E-state index in [2.05, 4.69) is 17.4 Å². The lowest BCUT2D eigenvalue weighted by molar-refractivity contribution is -0.121. The van der Waals surface area contributed by atoms with E-state index in [0.29, 0.717) is 30.9 Å². The number of aromatic nitrogens is 2. The van der Waals surface area contributed by atoms with Gasteiger partial charge in [-0.15, -0.1) is 11.8 Å². The standard InChI is InChI=1S/C28H29N3O3S/c1-33-23-12-15-26(34-2)25(17-23)28-21(19-31(30-28)22-7-5-4-6-8-22)11-16-27(32)29-18-20-9-13-24(35-3)14-10-20/h4-10,12-15,17,19H,11,16,18H2,1-3H3,(H,29,32). The normalized spacial score (nSPS) is 10.7. The van der Waals surface area contributed by atoms with E-state index in [0.717, 1.165) is 28.1 Å². The Labute approximate surface area is 210 Å². The number of carbonyl (C=O) groups is 1. The summed E-state index contributed by atoms with van der Waals surface area (Å²) in [4.78, 5) is 13.9. The Kier molecular flexibility index (Phi) is 8.11. The maximum absolute atomic E-state index is 12.7. The zero-order valence-electron chi connectivity index (χ0n) is 20.2. The fourth-order valence-corrected chi connectivity index (χ4v) is 4.22. The first-order valence-corrected chi connectivity index (χ1v) is 12.6. The minimum absolute atomic E-state index is 0.00467. The predicted molar refractivity (Wildman–Crippen MR) is 140 cm³/mol. The number of hydrogen-bond donors (Lipinski definition) is 1. The Morgan fingerprint density at radius 3 is 2.46 bits per heavy atom. The van der Waals surface area contributed by atoms with Gasteiger partial charge in [-0.05, 0) is 66.3 Å². The molecule has 4 aromatic rings. The highest BCUT2D eigenvalue weighted by molar-refractivity contribution is 7.98. The molecule has 3 aromatic carbocycles. The first kappa shape index (κ1) is 24.4. The van der Waals surface area contributed by atoms with Gasteiger partial charge in [-0.1, -0.05) is 30.3 Å². The molecule has 0 radical (unpaired) electrons. The minimum Gasteiger partial charge on any atom is -0.497 e. The second kappa shape index (κ2) is 11.6. The number of rotatable bonds is 10. The molecule has 6 nitrogen and oxygen atoms in total. The number of aryl methyl sites for hydroxylation is 1. The molecule has 1 N–H and O–H groups in total. The van der Waals surface area contributed by atoms with Crippen molar-refractivity contribution in [3.8, 4) is 28.4 Å². The SMILES string of the molecule is COc1ccc(OC)c(-c2nn(-c3ccccc3)cc2CCC(=O)NCc2ccc(SC)cc2)c1. The molecule has 0 saturated heterocycles. The van der Waals surface area contributed by atoms with Gasteiger partial charge >= 0.3 is 0 Å². The topological polar surface area (TPSA) is 65.4 Å². The molecule has 0 atom stereocenters. The summed E-state index contributed by atoms with van der Waals surface area (Å²) in [7, 11) is 3.27. The summed E-state index contributed by atoms with van der Waals surface area (Å²) in [5.41, 5.74) is 4.57. The molecule has 1 aromatic heterocycles. The van der Waals surface area contributed by atoms with Gasteiger partial charge in [0.2, 0.25) is 5.91 Å². The van der Waals surface area contributed by atoms with Crippen LogP contribution in [0.5, 0.6) is 11.5 Å². The Morgan fingerprint density at radius 1 is 1.00 bits per heavy atom. The molecular weight excluding hydrogens is 458 g/mol. The van der Waals surface area contributed by atoms with Crippen LogP contribution in [0, 0.1) is 0 Å². The quantitative estimate of drug-likeness (QED) is 0.298. The van der Waals surface area contributed by atoms with Crippen molar-refractivity contribution in [3.63, 3.8) is 0 Å². The highest BCUT2D eigenvalue weighted by atomic mass is 32.2. The number of amides is 1. The van der Waals surface area contributed by atoms with Crippen LogP contribution < -0.4 is 14.8 Å². The van der Waals surface area contributed by atoms with E-state index in [1.807, 2.05) is 77.8 Å². The first-order chi connectivity index (χ1) is 17.1. The van der Waals surface area contributed by atoms with Crippen molar-refractivity contribution in [3.05, 3.63) is 90.1 Å². The number of methoxy groups -OCH3 is 2. The molecule has 7 heteroatoms. The van der Waals surface area contributed by atoms with Crippen LogP contribution in [0.3, 0.4) is 0 Å². The maximum atomic E-state index is 12.7. The number of para-hydroxylation sites is 1. The molecule has 0 unspecified atom stereocenters. The van der Waals surface area contributed by atoms with Crippen molar-refractivity contribution in [2.75, 3.05) is 20.5 Å². The average Bonchev–Trinajstić information content (AvgIpc) is 3.35. The van der Waals surface area contributed by atoms with Crippen molar-refractivity contribution in [1.29, 1.82) is 0 Å². The molecule has 0 bridgehead atoms. The summed E-state index contributed by atoms with van der Waals surface area (Å²) in [6.07, 6.45) is 4.92. The minimum atomic E-state index is -0.00467. The summed E-state index contributed by atoms with van der Waals surface area (Å²) < 4.78 is 12.9. The molecule has 0 spiro atoms. The Balaban J connectivity index is 1.55. The molecule has 35 heavy (non-hydrogen) atoms. The van der Waals surface area contributed by atoms with Crippen LogP contribution in [0.15, 0.2) is 83.9 Å². The third-order valence-electron chi connectivity index (χ3n) is 5.74. The van der Waals surface area contributed by atoms with E-state index in [9.17, 15) is 4.79 Å². The van der Waals surface area contributed by atoms with Crippen molar-refractivity contribution in [2.24, 2.45) is 0 Å². The molecule has 0 saturated carbocycles. The van der Waals surface area contributed by atoms with E-state index in [1.165, 1.54) is 4.90 Å². The van der Waals surface area contributed by atoms with Crippen LogP contribution in [-0.2, 0) is 17.8 Å². The molecule has 0 aliphatic rings. The van der Waals surface area contributed by atoms with Crippen molar-refractivity contribution in [1.82, 2.24) is 15.1 Å². The van der Waals surface area contributed by atoms with Gasteiger partial charge in [0.15, 0.2) is 0 Å². The van der Waals surface area contributed by atoms with Gasteiger partial charge in [0.25, 0.3) is 0 Å². The van der Waals surface area contributed by atoms with Crippen LogP contribution in [0.1, 0.15) is 17.5 Å². The average molecular weight is 488 g/mol. The second-order valence-corrected chi connectivity index (χ2v) is 8.85. The molecule has 0 aliphatic heterocycles. The van der Waals surface area contributed by atoms with Gasteiger partial charge in [0, 0.05) is 29.6 Å². The molecular formula is C28H29N3O3S. The Bertz CT molecular complexity index is 1270. The molecule has 4 rings (SSSR count). The van der Waals surface area contributed by atoms with Gasteiger partial charge in [-0.2, -0.15) is 5.10 Å². The van der Waals surface area contributed by atoms with Crippen LogP contribution in [0.4, 0.5) is 0 Å². The molecule has 0 aliphatic carbocycles. The van der Waals surface area contributed by atoms with E-state index < -0.39 is 0 Å². The van der Waals surface area contributed by atoms with Crippen molar-refractivity contribution in [2.45, 2.75) is 24.3 Å². The van der Waals surface area contributed by atoms with Crippen molar-refractivity contribution < 1.29 is 14.3 Å². The lowest BCUT2D eigenvalue weighted by Gasteiger charge is -2.10. The monoisotopic (exact) mass is 487 g/mol. The predicted octanol–water partition coefficient (Wildman–Crippen LogP) is 5.53. The van der Waals surface area contributed by atoms with Crippen LogP contribution in [0.2, 0.25) is 0 Å². The van der Waals surface area contributed by atoms with Gasteiger partial charge in [0.1, 0.15) is 11.5 Å². The molecule has 1 heterocycles. The zero-order valence-corrected chi connectivity index (χ0v) is 21.0. The fourth-order valence-electron chi connectivity index (χ4n) is 3.81. The van der Waals surface area contributed by atoms with Gasteiger partial charge in [0.05, 0.1) is 25.6 Å². The highest BCUT2D eigenvalue weighted by Crippen LogP contribution is 2.35. The van der Waals surface area contributed by atoms with Crippen LogP contribution >= 0.6 is 11.8 Å². The van der Waals surface area contributed by atoms with Crippen LogP contribution in [0.25, 0.3) is 16.9 Å². The smallest absolute Gasteiger partial charge is 0.220 e. The van der Waals surface area contributed by atoms with Gasteiger partial charge in [-0.25, -0.2) is 4.68 Å². The van der Waals surface area contributed by atoms with E-state index in [-0.39, 0.29) is 5.91 Å². The van der Waals surface area contributed by atoms with Crippen molar-refractivity contribution >= 4 is 17.7 Å². The van der Waals surface area contributed by atoms with E-state index >= 15 is 0 Å². The van der Waals surface area contributed by atoms with E-state index in [1.54, 1.807) is 26.0 Å². The summed E-state index contributed by atoms with van der Waals surface area (Å²) in [6.45, 7) is 0.507. The van der Waals surface area contributed by atoms with Gasteiger partial charge in [-0.3, -0.25) is 4.79 Å². The van der Waals surface area contributed by atoms with Crippen LogP contribution in [-0.4, -0.2) is 36.2 Å². The number of benzene rings is 3. The number of thioether (sulfide) groups is 1. The summed E-state index contributed by atoms with van der Waals surface area (Å²) in [5, 5.41) is 7.90. The number of hydrogen-bond acceptors (Lipinski definition) is 5.